The summed E-state index contributed by atoms with van der Waals surface area (Å²) in [5.41, 5.74) is 17.9. The maximum Gasteiger partial charge on any atom is 0.223 e. The van der Waals surface area contributed by atoms with Crippen LogP contribution < -0.4 is 4.90 Å². The average molecular weight is 1620 g/mol. The first kappa shape index (κ1) is 86.5. The second-order valence-corrected chi connectivity index (χ2v) is 32.2. The summed E-state index contributed by atoms with van der Waals surface area (Å²) < 4.78 is 35.3. The van der Waals surface area contributed by atoms with Crippen LogP contribution in [0.25, 0.3) is 87.0 Å². The molecule has 0 radical (unpaired) electrons. The Morgan fingerprint density at radius 1 is 0.430 bits per heavy atom. The fraction of sp³-hybridized carbons (Fsp3) is 0.330. The number of likely N-dealkylation sites (tertiary alicyclic amines) is 4. The number of aliphatic hydroxyl groups excluding tert-OH is 1. The molecule has 0 atom stereocenters. The number of ketones is 5. The number of fused-ring (bicyclic) bond motifs is 4. The van der Waals surface area contributed by atoms with E-state index in [0.717, 1.165) is 183 Å². The maximum atomic E-state index is 13.8. The smallest absolute Gasteiger partial charge is 0.223 e. The molecule has 8 heterocycles. The summed E-state index contributed by atoms with van der Waals surface area (Å²) in [5.74, 6) is -1.28. The number of carbonyl (C=O) groups excluding carboxylic acids is 6. The van der Waals surface area contributed by atoms with Gasteiger partial charge < -0.3 is 33.1 Å². The Bertz CT molecular complexity index is 6020. The molecular formula is C100H104F2N12O7. The lowest BCUT2D eigenvalue weighted by molar-refractivity contribution is -0.117. The van der Waals surface area contributed by atoms with E-state index in [1.807, 2.05) is 161 Å². The zero-order valence-electron chi connectivity index (χ0n) is 70.2. The van der Waals surface area contributed by atoms with Crippen LogP contribution in [-0.2, 0) is 16.0 Å². The largest absolute Gasteiger partial charge is 0.393 e. The standard InChI is InChI=1S/C27H29N3O2.C26H28N4O2.C25H25N3O.C22H22F2N2O2/c1-19(31)7-8-21-9-14-24-25(17-21)30(23-12-10-22(28-3)11-13-23)20(2)27(24)26(32)18-29-15-5-4-6-16-29;1-18-26(25(32)17-29-14-6-5-7-15-29)23-16-22(28(4)19(2)31)12-13-24(23)30(18)21-10-8-20(27-3)9-11-21;1-4-19-8-13-22-23(16-19)28(21-11-9-20(26-3)10-12-21)18(2)25(22)24(29)17-27-14-6-5-7-15-27;1-14-22(21(28)13-25-10-8-16(27)9-11-25)17-4-2-3-5-20(17)26(14)15-6-7-18(23)19(24)12-15/h9-14,17H,4-8,15-16,18H2,1-2H3;8-13,16H,5-7,14-15,17H2,1-2,4H3;4,8-13,16H,1,5-7,14-15,17H2,2H3;2-7,12,16,27H,8-11,13H2,1H3. The summed E-state index contributed by atoms with van der Waals surface area (Å²) >= 11 is 0. The quantitative estimate of drug-likeness (QED) is 0.0536. The molecule has 21 heteroatoms. The predicted octanol–water partition coefficient (Wildman–Crippen LogP) is 20.5. The lowest BCUT2D eigenvalue weighted by Gasteiger charge is -2.28. The second kappa shape index (κ2) is 39.2. The third kappa shape index (κ3) is 19.6. The van der Waals surface area contributed by atoms with Crippen LogP contribution in [0.5, 0.6) is 0 Å². The van der Waals surface area contributed by atoms with Crippen molar-refractivity contribution in [3.63, 3.8) is 0 Å². The molecule has 16 rings (SSSR count). The highest BCUT2D eigenvalue weighted by atomic mass is 19.2. The van der Waals surface area contributed by atoms with E-state index in [0.29, 0.717) is 98.0 Å². The van der Waals surface area contributed by atoms with Crippen molar-refractivity contribution in [2.24, 2.45) is 0 Å². The monoisotopic (exact) mass is 1620 g/mol. The highest BCUT2D eigenvalue weighted by molar-refractivity contribution is 6.14. The van der Waals surface area contributed by atoms with E-state index in [1.54, 1.807) is 35.6 Å². The molecule has 0 bridgehead atoms. The molecule has 19 nitrogen and oxygen atoms in total. The molecule has 0 saturated carbocycles. The normalized spacial score (nSPS) is 14.8. The van der Waals surface area contributed by atoms with E-state index in [1.165, 1.54) is 45.1 Å². The molecule has 1 amide bonds. The minimum atomic E-state index is -0.922. The molecule has 4 aliphatic rings. The van der Waals surface area contributed by atoms with Crippen molar-refractivity contribution in [3.05, 3.63) is 278 Å². The Labute approximate surface area is 706 Å². The Morgan fingerprint density at radius 3 is 1.23 bits per heavy atom. The van der Waals surface area contributed by atoms with E-state index < -0.39 is 11.6 Å². The molecule has 4 aromatic heterocycles. The fourth-order valence-corrected chi connectivity index (χ4v) is 17.6. The zero-order valence-corrected chi connectivity index (χ0v) is 70.2. The summed E-state index contributed by atoms with van der Waals surface area (Å²) in [6.45, 7) is 45.3. The van der Waals surface area contributed by atoms with Gasteiger partial charge in [-0.1, -0.05) is 111 Å². The van der Waals surface area contributed by atoms with E-state index in [4.69, 9.17) is 19.7 Å². The first-order valence-corrected chi connectivity index (χ1v) is 42.0. The van der Waals surface area contributed by atoms with Gasteiger partial charge in [0.05, 0.1) is 74.1 Å². The van der Waals surface area contributed by atoms with Crippen molar-refractivity contribution in [2.75, 3.05) is 90.5 Å². The van der Waals surface area contributed by atoms with Crippen LogP contribution in [0.4, 0.5) is 31.5 Å². The van der Waals surface area contributed by atoms with E-state index in [-0.39, 0.29) is 47.5 Å². The summed E-state index contributed by atoms with van der Waals surface area (Å²) in [7, 11) is 1.74. The van der Waals surface area contributed by atoms with Crippen molar-refractivity contribution >= 4 is 107 Å². The number of hydrogen-bond donors (Lipinski definition) is 1. The van der Waals surface area contributed by atoms with Crippen LogP contribution in [0.1, 0.15) is 166 Å². The second-order valence-electron chi connectivity index (χ2n) is 32.2. The van der Waals surface area contributed by atoms with Gasteiger partial charge in [0.1, 0.15) is 5.78 Å². The minimum Gasteiger partial charge on any atom is -0.393 e. The summed E-state index contributed by atoms with van der Waals surface area (Å²) in [6.07, 6.45) is 14.7. The van der Waals surface area contributed by atoms with Crippen molar-refractivity contribution in [2.45, 2.75) is 131 Å². The number of anilines is 1. The van der Waals surface area contributed by atoms with E-state index in [2.05, 4.69) is 66.5 Å². The third-order valence-electron chi connectivity index (χ3n) is 24.0. The van der Waals surface area contributed by atoms with Crippen molar-refractivity contribution < 1.29 is 42.7 Å². The molecule has 4 fully saturated rings. The highest BCUT2D eigenvalue weighted by Crippen LogP contribution is 2.38. The van der Waals surface area contributed by atoms with E-state index in [9.17, 15) is 42.7 Å². The third-order valence-corrected chi connectivity index (χ3v) is 24.0. The number of amides is 1. The predicted molar refractivity (Wildman–Crippen MR) is 479 cm³/mol. The Balaban J connectivity index is 0.000000139. The number of para-hydroxylation sites is 1. The van der Waals surface area contributed by atoms with Gasteiger partial charge in [0.25, 0.3) is 0 Å². The molecule has 12 aromatic rings. The molecule has 8 aromatic carbocycles. The van der Waals surface area contributed by atoms with Gasteiger partial charge >= 0.3 is 0 Å². The molecule has 1 N–H and O–H groups in total. The van der Waals surface area contributed by atoms with Gasteiger partial charge in [-0.25, -0.2) is 23.3 Å². The van der Waals surface area contributed by atoms with Crippen LogP contribution in [0.15, 0.2) is 176 Å². The fourth-order valence-electron chi connectivity index (χ4n) is 17.6. The van der Waals surface area contributed by atoms with Gasteiger partial charge in [0.15, 0.2) is 51.8 Å². The topological polar surface area (TPSA) is 172 Å². The van der Waals surface area contributed by atoms with Gasteiger partial charge in [-0.05, 0) is 228 Å². The van der Waals surface area contributed by atoms with Gasteiger partial charge in [0, 0.05) is 135 Å². The molecular weight excluding hydrogens is 1520 g/mol. The number of piperidine rings is 4. The number of benzene rings is 8. The van der Waals surface area contributed by atoms with Gasteiger partial charge in [-0.2, -0.15) is 0 Å². The number of rotatable bonds is 21. The number of nitrogens with zero attached hydrogens (tertiary/aromatic N) is 12. The summed E-state index contributed by atoms with van der Waals surface area (Å²) in [5, 5.41) is 13.2. The maximum absolute atomic E-state index is 13.8. The lowest BCUT2D eigenvalue weighted by Crippen LogP contribution is -2.39. The number of aromatic nitrogens is 4. The molecule has 0 aliphatic carbocycles. The Hall–Kier alpha value is -12.4. The van der Waals surface area contributed by atoms with E-state index >= 15 is 0 Å². The number of halogens is 2. The summed E-state index contributed by atoms with van der Waals surface area (Å²) in [6, 6.07) is 51.8. The van der Waals surface area contributed by atoms with Crippen molar-refractivity contribution in [3.8, 4) is 22.7 Å². The average Bonchev–Trinajstić information content (AvgIpc) is 1.64. The van der Waals surface area contributed by atoms with Crippen LogP contribution in [0, 0.1) is 59.0 Å². The minimum absolute atomic E-state index is 0.00794. The van der Waals surface area contributed by atoms with Crippen LogP contribution in [0.2, 0.25) is 0 Å². The van der Waals surface area contributed by atoms with Gasteiger partial charge in [-0.3, -0.25) is 43.6 Å². The zero-order chi connectivity index (χ0) is 85.7. The molecule has 4 saturated heterocycles. The summed E-state index contributed by atoms with van der Waals surface area (Å²) in [4.78, 5) is 97.8. The SMILES string of the molecule is Cc1c(C(=O)CN2CCC(O)CC2)c2ccccc2n1-c1ccc(F)c(F)c1.[C-]#[N+]c1ccc(-n2c(C)c(C(=O)CN3CCCCC3)c3cc(N(C)C(C)=O)ccc32)cc1.[C-]#[N+]c1ccc(-n2c(C)c(C(=O)CN3CCCCC3)c3ccc(C=C)cc32)cc1.[C-]#[N+]c1ccc(-n2c(C)c(C(=O)CN3CCCCC3)c3ccc(CCC(C)=O)cc32)cc1. The van der Waals surface area contributed by atoms with Crippen LogP contribution in [-0.4, -0.2) is 169 Å². The number of aliphatic hydroxyl groups is 1. The lowest BCUT2D eigenvalue weighted by atomic mass is 10.0. The molecule has 121 heavy (non-hydrogen) atoms. The van der Waals surface area contributed by atoms with Crippen LogP contribution >= 0.6 is 0 Å². The first-order valence-electron chi connectivity index (χ1n) is 42.0. The highest BCUT2D eigenvalue weighted by Gasteiger charge is 2.30. The van der Waals surface area contributed by atoms with Gasteiger partial charge in [0.2, 0.25) is 5.91 Å². The van der Waals surface area contributed by atoms with Crippen molar-refractivity contribution in [1.29, 1.82) is 0 Å². The number of aryl methyl sites for hydroxylation is 1. The first-order chi connectivity index (χ1) is 58.4. The number of Topliss-reactive ketones (excluding diaryl/α,β-unsaturated/α-hetero) is 5. The number of carbonyl (C=O) groups is 6. The van der Waals surface area contributed by atoms with Crippen molar-refractivity contribution in [1.82, 2.24) is 37.9 Å². The molecule has 620 valence electrons. The van der Waals surface area contributed by atoms with Gasteiger partial charge in [-0.15, -0.1) is 0 Å². The van der Waals surface area contributed by atoms with Crippen LogP contribution in [0.3, 0.4) is 0 Å². The number of hydrogen-bond acceptors (Lipinski definition) is 11. The molecule has 4 aliphatic heterocycles. The Kier molecular flexibility index (Phi) is 28.0. The Morgan fingerprint density at radius 2 is 0.810 bits per heavy atom. The molecule has 0 spiro atoms. The molecule has 0 unspecified atom stereocenters.